The number of nitrogens with zero attached hydrogens (tertiary/aromatic N) is 4. The van der Waals surface area contributed by atoms with Gasteiger partial charge in [0.05, 0.1) is 6.54 Å². The van der Waals surface area contributed by atoms with E-state index in [1.807, 2.05) is 34.9 Å². The van der Waals surface area contributed by atoms with Gasteiger partial charge in [0, 0.05) is 32.0 Å². The van der Waals surface area contributed by atoms with E-state index in [2.05, 4.69) is 4.90 Å². The zero-order valence-electron chi connectivity index (χ0n) is 19.2. The van der Waals surface area contributed by atoms with Crippen LogP contribution >= 0.6 is 0 Å². The van der Waals surface area contributed by atoms with Gasteiger partial charge in [-0.15, -0.1) is 0 Å². The number of hydrogen-bond acceptors (Lipinski definition) is 3. The van der Waals surface area contributed by atoms with E-state index >= 15 is 0 Å². The summed E-state index contributed by atoms with van der Waals surface area (Å²) in [7, 11) is 0. The average Bonchev–Trinajstić information content (AvgIpc) is 3.03. The molecule has 0 unspecified atom stereocenters. The van der Waals surface area contributed by atoms with Crippen LogP contribution in [0.5, 0.6) is 0 Å². The molecule has 5 rings (SSSR count). The lowest BCUT2D eigenvalue weighted by atomic mass is 9.72. The molecule has 1 aliphatic carbocycles. The third kappa shape index (κ3) is 4.41. The lowest BCUT2D eigenvalue weighted by Crippen LogP contribution is -2.45. The van der Waals surface area contributed by atoms with E-state index in [1.165, 1.54) is 25.7 Å². The molecule has 1 aromatic carbocycles. The van der Waals surface area contributed by atoms with E-state index in [9.17, 15) is 9.59 Å². The zero-order valence-corrected chi connectivity index (χ0v) is 19.2. The number of rotatable bonds is 3. The van der Waals surface area contributed by atoms with Crippen LogP contribution in [0.25, 0.3) is 0 Å². The maximum absolute atomic E-state index is 13.1. The number of benzene rings is 1. The van der Waals surface area contributed by atoms with Crippen molar-refractivity contribution in [1.29, 1.82) is 0 Å². The molecule has 0 N–H and O–H groups in total. The van der Waals surface area contributed by atoms with Gasteiger partial charge in [-0.3, -0.25) is 9.36 Å². The highest BCUT2D eigenvalue weighted by molar-refractivity contribution is 5.79. The Morgan fingerprint density at radius 3 is 2.34 bits per heavy atom. The van der Waals surface area contributed by atoms with Crippen LogP contribution in [0, 0.1) is 11.3 Å². The molecular formula is C26H36N4O2. The van der Waals surface area contributed by atoms with E-state index in [0.29, 0.717) is 12.5 Å². The molecule has 6 nitrogen and oxygen atoms in total. The Labute approximate surface area is 190 Å². The zero-order chi connectivity index (χ0) is 22.0. The number of aryl methyl sites for hydroxylation is 1. The minimum absolute atomic E-state index is 0.0156. The highest BCUT2D eigenvalue weighted by Crippen LogP contribution is 2.41. The van der Waals surface area contributed by atoms with Gasteiger partial charge in [-0.25, -0.2) is 9.48 Å². The Morgan fingerprint density at radius 2 is 1.62 bits per heavy atom. The SMILES string of the molecule is O=C(C1CCCCCC1)N1CCC2(CCc3nn(Cc4ccccc4)c(=O)n3CC2)CC1. The molecule has 0 radical (unpaired) electrons. The van der Waals surface area contributed by atoms with Crippen LogP contribution in [-0.2, 0) is 24.3 Å². The molecule has 3 heterocycles. The van der Waals surface area contributed by atoms with E-state index in [1.54, 1.807) is 4.68 Å². The number of aromatic nitrogens is 3. The third-order valence-corrected chi connectivity index (χ3v) is 8.26. The van der Waals surface area contributed by atoms with Crippen molar-refractivity contribution < 1.29 is 4.79 Å². The fourth-order valence-corrected chi connectivity index (χ4v) is 6.09. The monoisotopic (exact) mass is 436 g/mol. The van der Waals surface area contributed by atoms with Gasteiger partial charge in [-0.1, -0.05) is 56.0 Å². The summed E-state index contributed by atoms with van der Waals surface area (Å²) in [5.41, 5.74) is 1.37. The smallest absolute Gasteiger partial charge is 0.342 e. The molecule has 2 aliphatic heterocycles. The summed E-state index contributed by atoms with van der Waals surface area (Å²) in [6, 6.07) is 10.1. The number of hydrogen-bond donors (Lipinski definition) is 0. The summed E-state index contributed by atoms with van der Waals surface area (Å²) in [6.45, 7) is 3.05. The van der Waals surface area contributed by atoms with Gasteiger partial charge in [0.1, 0.15) is 5.82 Å². The van der Waals surface area contributed by atoms with Crippen molar-refractivity contribution in [3.63, 3.8) is 0 Å². The van der Waals surface area contributed by atoms with Crippen LogP contribution in [0.4, 0.5) is 0 Å². The van der Waals surface area contributed by atoms with Crippen molar-refractivity contribution in [2.45, 2.75) is 83.7 Å². The topological polar surface area (TPSA) is 60.1 Å². The number of piperidine rings is 1. The normalized spacial score (nSPS) is 21.7. The molecule has 172 valence electrons. The van der Waals surface area contributed by atoms with Gasteiger partial charge >= 0.3 is 5.69 Å². The molecule has 2 fully saturated rings. The van der Waals surface area contributed by atoms with Crippen molar-refractivity contribution in [3.05, 3.63) is 52.2 Å². The van der Waals surface area contributed by atoms with Gasteiger partial charge < -0.3 is 4.90 Å². The number of likely N-dealkylation sites (tertiary alicyclic amines) is 1. The largest absolute Gasteiger partial charge is 0.346 e. The second kappa shape index (κ2) is 9.24. The Kier molecular flexibility index (Phi) is 6.20. The van der Waals surface area contributed by atoms with Crippen molar-refractivity contribution in [2.24, 2.45) is 11.3 Å². The number of carbonyl (C=O) groups excluding carboxylic acids is 1. The van der Waals surface area contributed by atoms with Crippen LogP contribution in [0.15, 0.2) is 35.1 Å². The summed E-state index contributed by atoms with van der Waals surface area (Å²) in [5.74, 6) is 1.60. The molecule has 1 saturated heterocycles. The number of fused-ring (bicyclic) bond motifs is 1. The molecule has 3 aliphatic rings. The fraction of sp³-hybridized carbons (Fsp3) is 0.654. The maximum atomic E-state index is 13.1. The first-order chi connectivity index (χ1) is 15.6. The van der Waals surface area contributed by atoms with E-state index < -0.39 is 0 Å². The highest BCUT2D eigenvalue weighted by atomic mass is 16.2. The van der Waals surface area contributed by atoms with Crippen molar-refractivity contribution in [3.8, 4) is 0 Å². The summed E-state index contributed by atoms with van der Waals surface area (Å²) < 4.78 is 3.53. The first kappa shape index (κ1) is 21.5. The second-order valence-corrected chi connectivity index (χ2v) is 10.3. The van der Waals surface area contributed by atoms with Crippen LogP contribution in [0.3, 0.4) is 0 Å². The number of carbonyl (C=O) groups is 1. The molecule has 1 saturated carbocycles. The summed E-state index contributed by atoms with van der Waals surface area (Å²) in [5, 5.41) is 4.70. The van der Waals surface area contributed by atoms with Gasteiger partial charge in [0.2, 0.25) is 5.91 Å². The minimum Gasteiger partial charge on any atom is -0.342 e. The summed E-state index contributed by atoms with van der Waals surface area (Å²) in [4.78, 5) is 28.2. The predicted molar refractivity (Wildman–Crippen MR) is 124 cm³/mol. The first-order valence-electron chi connectivity index (χ1n) is 12.6. The lowest BCUT2D eigenvalue weighted by Gasteiger charge is -2.42. The van der Waals surface area contributed by atoms with Crippen LogP contribution in [0.2, 0.25) is 0 Å². The molecule has 6 heteroatoms. The molecule has 0 bridgehead atoms. The summed E-state index contributed by atoms with van der Waals surface area (Å²) in [6.07, 6.45) is 12.2. The Balaban J connectivity index is 1.21. The molecule has 2 aromatic rings. The molecule has 32 heavy (non-hydrogen) atoms. The third-order valence-electron chi connectivity index (χ3n) is 8.26. The molecule has 1 aromatic heterocycles. The van der Waals surface area contributed by atoms with Crippen molar-refractivity contribution in [2.75, 3.05) is 13.1 Å². The minimum atomic E-state index is 0.0156. The summed E-state index contributed by atoms with van der Waals surface area (Å²) >= 11 is 0. The second-order valence-electron chi connectivity index (χ2n) is 10.3. The quantitative estimate of drug-likeness (QED) is 0.683. The van der Waals surface area contributed by atoms with E-state index in [-0.39, 0.29) is 17.0 Å². The van der Waals surface area contributed by atoms with Crippen molar-refractivity contribution >= 4 is 5.91 Å². The van der Waals surface area contributed by atoms with Crippen molar-refractivity contribution in [1.82, 2.24) is 19.2 Å². The molecular weight excluding hydrogens is 400 g/mol. The molecule has 0 atom stereocenters. The van der Waals surface area contributed by atoms with Crippen LogP contribution in [0.1, 0.15) is 75.6 Å². The van der Waals surface area contributed by atoms with Gasteiger partial charge in [-0.2, -0.15) is 5.10 Å². The average molecular weight is 437 g/mol. The fourth-order valence-electron chi connectivity index (χ4n) is 6.09. The van der Waals surface area contributed by atoms with E-state index in [4.69, 9.17) is 5.10 Å². The standard InChI is InChI=1S/C26H36N4O2/c31-24(22-10-6-1-2-7-11-22)28-17-14-26(15-18-28)13-12-23-27-30(25(32)29(23)19-16-26)20-21-8-4-3-5-9-21/h3-5,8-9,22H,1-2,6-7,10-20H2. The highest BCUT2D eigenvalue weighted by Gasteiger charge is 2.39. The maximum Gasteiger partial charge on any atom is 0.346 e. The van der Waals surface area contributed by atoms with Gasteiger partial charge in [0.25, 0.3) is 0 Å². The Morgan fingerprint density at radius 1 is 0.938 bits per heavy atom. The van der Waals surface area contributed by atoms with Gasteiger partial charge in [-0.05, 0) is 49.5 Å². The van der Waals surface area contributed by atoms with E-state index in [0.717, 1.165) is 76.0 Å². The first-order valence-corrected chi connectivity index (χ1v) is 12.6. The molecule has 1 spiro atoms. The predicted octanol–water partition coefficient (Wildman–Crippen LogP) is 4.01. The van der Waals surface area contributed by atoms with Gasteiger partial charge in [0.15, 0.2) is 0 Å². The number of amides is 1. The molecule has 1 amide bonds. The van der Waals surface area contributed by atoms with Crippen LogP contribution < -0.4 is 5.69 Å². The van der Waals surface area contributed by atoms with Crippen LogP contribution in [-0.4, -0.2) is 38.2 Å². The lowest BCUT2D eigenvalue weighted by molar-refractivity contribution is -0.138. The Bertz CT molecular complexity index is 977. The Hall–Kier alpha value is -2.37.